The van der Waals surface area contributed by atoms with E-state index < -0.39 is 4.87 Å². The molecule has 0 saturated carbocycles. The maximum Gasteiger partial charge on any atom is 0.226 e. The van der Waals surface area contributed by atoms with Crippen LogP contribution in [0.5, 0.6) is 0 Å². The van der Waals surface area contributed by atoms with Gasteiger partial charge in [0, 0.05) is 28.4 Å². The second kappa shape index (κ2) is 6.64. The van der Waals surface area contributed by atoms with Gasteiger partial charge in [0.05, 0.1) is 0 Å². The summed E-state index contributed by atoms with van der Waals surface area (Å²) >= 11 is 6.04. The fourth-order valence-electron chi connectivity index (χ4n) is 1.91. The number of alkyl halides is 1. The molecule has 2 aromatic carbocycles. The fourth-order valence-corrected chi connectivity index (χ4v) is 2.03. The Bertz CT molecular complexity index is 588. The highest BCUT2D eigenvalue weighted by molar-refractivity contribution is 6.24. The molecule has 2 N–H and O–H groups in total. The summed E-state index contributed by atoms with van der Waals surface area (Å²) in [6.07, 6.45) is 0.276. The number of anilines is 3. The summed E-state index contributed by atoms with van der Waals surface area (Å²) < 4.78 is 0. The van der Waals surface area contributed by atoms with Gasteiger partial charge in [0.2, 0.25) is 5.91 Å². The van der Waals surface area contributed by atoms with Gasteiger partial charge in [-0.2, -0.15) is 0 Å². The first kappa shape index (κ1) is 15.4. The number of nitrogens with one attached hydrogen (secondary N) is 2. The van der Waals surface area contributed by atoms with Crippen molar-refractivity contribution in [1.82, 2.24) is 0 Å². The molecule has 0 radical (unpaired) electrons. The molecule has 1 amide bonds. The highest BCUT2D eigenvalue weighted by Crippen LogP contribution is 2.21. The topological polar surface area (TPSA) is 41.1 Å². The van der Waals surface area contributed by atoms with E-state index in [1.807, 2.05) is 68.4 Å². The molecule has 0 aliphatic rings. The summed E-state index contributed by atoms with van der Waals surface area (Å²) in [5.41, 5.74) is 2.76. The van der Waals surface area contributed by atoms with E-state index in [2.05, 4.69) is 10.6 Å². The first-order chi connectivity index (χ1) is 9.92. The van der Waals surface area contributed by atoms with E-state index in [1.54, 1.807) is 0 Å². The standard InChI is InChI=1S/C17H19ClN2O/c1-17(2,18)12-16(21)20-15-10-8-14(9-11-15)19-13-6-4-3-5-7-13/h3-11,19H,12H2,1-2H3,(H,20,21). The van der Waals surface area contributed by atoms with Gasteiger partial charge in [-0.25, -0.2) is 0 Å². The summed E-state index contributed by atoms with van der Waals surface area (Å²) in [6.45, 7) is 3.64. The number of benzene rings is 2. The average molecular weight is 303 g/mol. The number of carbonyl (C=O) groups excluding carboxylic acids is 1. The van der Waals surface area contributed by atoms with Crippen LogP contribution in [0.15, 0.2) is 54.6 Å². The minimum atomic E-state index is -0.529. The lowest BCUT2D eigenvalue weighted by atomic mass is 10.1. The summed E-state index contributed by atoms with van der Waals surface area (Å²) in [4.78, 5) is 11.3. The smallest absolute Gasteiger partial charge is 0.226 e. The zero-order valence-corrected chi connectivity index (χ0v) is 12.9. The molecule has 0 saturated heterocycles. The lowest BCUT2D eigenvalue weighted by Crippen LogP contribution is -2.22. The number of amides is 1. The Balaban J connectivity index is 1.95. The van der Waals surface area contributed by atoms with Gasteiger partial charge < -0.3 is 10.6 Å². The number of carbonyl (C=O) groups is 1. The van der Waals surface area contributed by atoms with Crippen molar-refractivity contribution in [1.29, 1.82) is 0 Å². The van der Waals surface area contributed by atoms with E-state index in [4.69, 9.17) is 11.6 Å². The van der Waals surface area contributed by atoms with Crippen molar-refractivity contribution in [2.45, 2.75) is 25.1 Å². The van der Waals surface area contributed by atoms with Crippen LogP contribution in [0.1, 0.15) is 20.3 Å². The van der Waals surface area contributed by atoms with Crippen molar-refractivity contribution in [3.8, 4) is 0 Å². The maximum absolute atomic E-state index is 11.8. The van der Waals surface area contributed by atoms with Gasteiger partial charge in [-0.1, -0.05) is 18.2 Å². The highest BCUT2D eigenvalue weighted by Gasteiger charge is 2.18. The number of para-hydroxylation sites is 1. The summed E-state index contributed by atoms with van der Waals surface area (Å²) in [6, 6.07) is 17.5. The van der Waals surface area contributed by atoms with Gasteiger partial charge >= 0.3 is 0 Å². The van der Waals surface area contributed by atoms with E-state index in [9.17, 15) is 4.79 Å². The molecule has 2 rings (SSSR count). The first-order valence-electron chi connectivity index (χ1n) is 6.83. The summed E-state index contributed by atoms with van der Waals surface area (Å²) in [5.74, 6) is -0.0845. The minimum Gasteiger partial charge on any atom is -0.356 e. The van der Waals surface area contributed by atoms with Crippen molar-refractivity contribution in [2.75, 3.05) is 10.6 Å². The predicted octanol–water partition coefficient (Wildman–Crippen LogP) is 4.78. The molecule has 0 unspecified atom stereocenters. The normalized spacial score (nSPS) is 11.0. The average Bonchev–Trinajstić information content (AvgIpc) is 2.40. The third-order valence-corrected chi connectivity index (χ3v) is 2.95. The van der Waals surface area contributed by atoms with E-state index in [1.165, 1.54) is 0 Å². The Hall–Kier alpha value is -2.00. The largest absolute Gasteiger partial charge is 0.356 e. The second-order valence-corrected chi connectivity index (χ2v) is 6.54. The van der Waals surface area contributed by atoms with Crippen molar-refractivity contribution in [3.05, 3.63) is 54.6 Å². The number of rotatable bonds is 5. The Morgan fingerprint density at radius 1 is 0.952 bits per heavy atom. The molecule has 0 atom stereocenters. The Morgan fingerprint density at radius 2 is 1.48 bits per heavy atom. The Labute approximate surface area is 130 Å². The molecule has 0 bridgehead atoms. The van der Waals surface area contributed by atoms with Crippen molar-refractivity contribution < 1.29 is 4.79 Å². The van der Waals surface area contributed by atoms with Crippen LogP contribution >= 0.6 is 11.6 Å². The van der Waals surface area contributed by atoms with E-state index in [0.717, 1.165) is 17.1 Å². The van der Waals surface area contributed by atoms with Crippen molar-refractivity contribution in [3.63, 3.8) is 0 Å². The van der Waals surface area contributed by atoms with Gasteiger partial charge in [0.1, 0.15) is 0 Å². The van der Waals surface area contributed by atoms with Crippen LogP contribution in [0, 0.1) is 0 Å². The molecule has 0 fully saturated rings. The SMILES string of the molecule is CC(C)(Cl)CC(=O)Nc1ccc(Nc2ccccc2)cc1. The van der Waals surface area contributed by atoms with Gasteiger partial charge in [0.15, 0.2) is 0 Å². The lowest BCUT2D eigenvalue weighted by Gasteiger charge is -2.15. The molecule has 3 nitrogen and oxygen atoms in total. The van der Waals surface area contributed by atoms with Crippen LogP contribution in [0.2, 0.25) is 0 Å². The van der Waals surface area contributed by atoms with E-state index >= 15 is 0 Å². The third kappa shape index (κ3) is 5.48. The van der Waals surface area contributed by atoms with Crippen molar-refractivity contribution >= 4 is 34.6 Å². The van der Waals surface area contributed by atoms with E-state index in [-0.39, 0.29) is 12.3 Å². The summed E-state index contributed by atoms with van der Waals surface area (Å²) in [7, 11) is 0. The molecule has 0 aliphatic heterocycles. The number of halogens is 1. The second-order valence-electron chi connectivity index (χ2n) is 5.51. The quantitative estimate of drug-likeness (QED) is 0.781. The van der Waals surface area contributed by atoms with Crippen LogP contribution in [0.3, 0.4) is 0 Å². The molecule has 4 heteroatoms. The van der Waals surface area contributed by atoms with Crippen LogP contribution in [0.4, 0.5) is 17.1 Å². The highest BCUT2D eigenvalue weighted by atomic mass is 35.5. The maximum atomic E-state index is 11.8. The molecule has 0 spiro atoms. The monoisotopic (exact) mass is 302 g/mol. The summed E-state index contributed by atoms with van der Waals surface area (Å²) in [5, 5.41) is 6.13. The third-order valence-electron chi connectivity index (χ3n) is 2.81. The minimum absolute atomic E-state index is 0.0845. The van der Waals surface area contributed by atoms with E-state index in [0.29, 0.717) is 0 Å². The Kier molecular flexibility index (Phi) is 4.86. The fraction of sp³-hybridized carbons (Fsp3) is 0.235. The molecule has 2 aromatic rings. The molecule has 0 heterocycles. The Morgan fingerprint density at radius 3 is 2.05 bits per heavy atom. The van der Waals surface area contributed by atoms with Crippen LogP contribution in [-0.2, 0) is 4.79 Å². The zero-order valence-electron chi connectivity index (χ0n) is 12.2. The van der Waals surface area contributed by atoms with Crippen LogP contribution in [-0.4, -0.2) is 10.8 Å². The zero-order chi connectivity index (χ0) is 15.3. The molecular formula is C17H19ClN2O. The molecule has 21 heavy (non-hydrogen) atoms. The molecule has 110 valence electrons. The van der Waals surface area contributed by atoms with Gasteiger partial charge in [-0.3, -0.25) is 4.79 Å². The molecule has 0 aliphatic carbocycles. The lowest BCUT2D eigenvalue weighted by molar-refractivity contribution is -0.116. The molecular weight excluding hydrogens is 284 g/mol. The first-order valence-corrected chi connectivity index (χ1v) is 7.21. The predicted molar refractivity (Wildman–Crippen MR) is 89.3 cm³/mol. The number of hydrogen-bond acceptors (Lipinski definition) is 2. The van der Waals surface area contributed by atoms with Crippen LogP contribution in [0.25, 0.3) is 0 Å². The van der Waals surface area contributed by atoms with Gasteiger partial charge in [-0.15, -0.1) is 11.6 Å². The molecule has 0 aromatic heterocycles. The number of hydrogen-bond donors (Lipinski definition) is 2. The van der Waals surface area contributed by atoms with Gasteiger partial charge in [0.25, 0.3) is 0 Å². The van der Waals surface area contributed by atoms with Gasteiger partial charge in [-0.05, 0) is 50.2 Å². The van der Waals surface area contributed by atoms with Crippen LogP contribution < -0.4 is 10.6 Å². The van der Waals surface area contributed by atoms with Crippen molar-refractivity contribution in [2.24, 2.45) is 0 Å².